The number of amides is 2. The van der Waals surface area contributed by atoms with Crippen LogP contribution in [0.5, 0.6) is 5.75 Å². The Labute approximate surface area is 205 Å². The molecule has 0 aliphatic heterocycles. The minimum absolute atomic E-state index is 0.0204. The van der Waals surface area contributed by atoms with E-state index in [1.54, 1.807) is 19.0 Å². The molecule has 36 heavy (non-hydrogen) atoms. The van der Waals surface area contributed by atoms with Crippen LogP contribution >= 0.6 is 0 Å². The van der Waals surface area contributed by atoms with Gasteiger partial charge in [0.05, 0.1) is 23.7 Å². The molecule has 2 fully saturated rings. The maximum Gasteiger partial charge on any atom is 0.255 e. The zero-order chi connectivity index (χ0) is 26.7. The Morgan fingerprint density at radius 3 is 2.42 bits per heavy atom. The second kappa shape index (κ2) is 8.79. The van der Waals surface area contributed by atoms with Crippen molar-refractivity contribution in [3.63, 3.8) is 0 Å². The number of nitrogens with zero attached hydrogens (tertiary/aromatic N) is 1. The van der Waals surface area contributed by atoms with Crippen molar-refractivity contribution in [2.45, 2.75) is 24.9 Å². The van der Waals surface area contributed by atoms with E-state index in [4.69, 9.17) is 10.8 Å². The SMILES string of the molecule is CN(C)c1cc(C(=O)NCCO)c(O)c2c1C[C@H]1C[C@H]3CC(=O)C(C(N)=O)C(=O)[C@@]3(O)C(=O)C1C2=O. The zero-order valence-corrected chi connectivity index (χ0v) is 19.7. The van der Waals surface area contributed by atoms with Gasteiger partial charge in [0.2, 0.25) is 5.91 Å². The van der Waals surface area contributed by atoms with E-state index >= 15 is 0 Å². The van der Waals surface area contributed by atoms with E-state index in [1.807, 2.05) is 0 Å². The number of nitrogens with one attached hydrogen (secondary N) is 1. The van der Waals surface area contributed by atoms with Crippen molar-refractivity contribution >= 4 is 40.6 Å². The van der Waals surface area contributed by atoms with Crippen LogP contribution in [-0.4, -0.2) is 83.1 Å². The maximum atomic E-state index is 13.7. The van der Waals surface area contributed by atoms with Crippen LogP contribution in [0.3, 0.4) is 0 Å². The Balaban J connectivity index is 1.84. The summed E-state index contributed by atoms with van der Waals surface area (Å²) in [7, 11) is 3.34. The fourth-order valence-electron chi connectivity index (χ4n) is 5.85. The molecule has 0 bridgehead atoms. The van der Waals surface area contributed by atoms with Gasteiger partial charge in [0.1, 0.15) is 5.75 Å². The largest absolute Gasteiger partial charge is 0.506 e. The van der Waals surface area contributed by atoms with Gasteiger partial charge in [-0.1, -0.05) is 0 Å². The van der Waals surface area contributed by atoms with Gasteiger partial charge >= 0.3 is 0 Å². The summed E-state index contributed by atoms with van der Waals surface area (Å²) in [5, 5.41) is 33.6. The topological polar surface area (TPSA) is 204 Å². The molecule has 0 heterocycles. The summed E-state index contributed by atoms with van der Waals surface area (Å²) >= 11 is 0. The third kappa shape index (κ3) is 3.51. The molecule has 1 aromatic rings. The van der Waals surface area contributed by atoms with E-state index in [9.17, 15) is 39.0 Å². The zero-order valence-electron chi connectivity index (χ0n) is 19.7. The predicted molar refractivity (Wildman–Crippen MR) is 122 cm³/mol. The molecule has 0 saturated heterocycles. The highest BCUT2D eigenvalue weighted by molar-refractivity contribution is 6.31. The molecule has 0 aromatic heterocycles. The molecule has 3 aliphatic carbocycles. The molecular formula is C24H27N3O9. The highest BCUT2D eigenvalue weighted by Gasteiger charge is 2.66. The predicted octanol–water partition coefficient (Wildman–Crippen LogP) is -1.88. The van der Waals surface area contributed by atoms with Gasteiger partial charge in [-0.05, 0) is 30.4 Å². The summed E-state index contributed by atoms with van der Waals surface area (Å²) in [6.45, 7) is -0.447. The summed E-state index contributed by atoms with van der Waals surface area (Å²) in [4.78, 5) is 78.7. The standard InChI is InChI=1S/C24H27N3O9/c1-27(2)13-8-12(23(35)26-3-4-28)18(30)16-11(13)6-9-5-10-7-14(29)17(22(25)34)21(33)24(10,36)20(32)15(9)19(16)31/h8-10,15,17,28,30,36H,3-7H2,1-2H3,(H2,25,34)(H,26,35)/t9-,10+,15?,17?,24+/m1/s1. The molecule has 3 aliphatic rings. The van der Waals surface area contributed by atoms with Gasteiger partial charge in [-0.15, -0.1) is 0 Å². The van der Waals surface area contributed by atoms with Crippen molar-refractivity contribution < 1.29 is 44.1 Å². The molecule has 192 valence electrons. The smallest absolute Gasteiger partial charge is 0.255 e. The number of benzene rings is 1. The molecule has 0 spiro atoms. The second-order valence-corrected chi connectivity index (χ2v) is 9.76. The lowest BCUT2D eigenvalue weighted by molar-refractivity contribution is -0.175. The first-order valence-corrected chi connectivity index (χ1v) is 11.5. The molecule has 0 radical (unpaired) electrons. The normalized spacial score (nSPS) is 29.2. The highest BCUT2D eigenvalue weighted by atomic mass is 16.3. The molecule has 2 saturated carbocycles. The quantitative estimate of drug-likeness (QED) is 0.284. The van der Waals surface area contributed by atoms with Crippen LogP contribution in [0.4, 0.5) is 5.69 Å². The van der Waals surface area contributed by atoms with Crippen molar-refractivity contribution in [2.75, 3.05) is 32.1 Å². The molecule has 1 aromatic carbocycles. The van der Waals surface area contributed by atoms with Gasteiger partial charge < -0.3 is 31.3 Å². The van der Waals surface area contributed by atoms with Gasteiger partial charge in [-0.25, -0.2) is 0 Å². The number of primary amides is 1. The molecule has 6 N–H and O–H groups in total. The lowest BCUT2D eigenvalue weighted by atomic mass is 9.53. The lowest BCUT2D eigenvalue weighted by Crippen LogP contribution is -2.68. The van der Waals surface area contributed by atoms with Crippen LogP contribution < -0.4 is 16.0 Å². The Morgan fingerprint density at radius 1 is 1.17 bits per heavy atom. The number of aliphatic hydroxyl groups is 2. The van der Waals surface area contributed by atoms with Crippen molar-refractivity contribution in [2.24, 2.45) is 29.4 Å². The number of rotatable bonds is 5. The van der Waals surface area contributed by atoms with Gasteiger partial charge in [0.15, 0.2) is 34.7 Å². The van der Waals surface area contributed by atoms with E-state index in [1.165, 1.54) is 6.07 Å². The minimum atomic E-state index is -2.74. The third-order valence-electron chi connectivity index (χ3n) is 7.50. The van der Waals surface area contributed by atoms with Crippen molar-refractivity contribution in [3.05, 3.63) is 22.8 Å². The van der Waals surface area contributed by atoms with E-state index in [-0.39, 0.29) is 37.1 Å². The highest BCUT2D eigenvalue weighted by Crippen LogP contribution is 2.51. The van der Waals surface area contributed by atoms with Crippen LogP contribution in [0.2, 0.25) is 0 Å². The fourth-order valence-corrected chi connectivity index (χ4v) is 5.85. The first-order valence-electron chi connectivity index (χ1n) is 11.5. The first-order chi connectivity index (χ1) is 16.9. The van der Waals surface area contributed by atoms with E-state index in [2.05, 4.69) is 5.32 Å². The third-order valence-corrected chi connectivity index (χ3v) is 7.50. The van der Waals surface area contributed by atoms with Crippen LogP contribution in [0, 0.1) is 23.7 Å². The number of phenolic OH excluding ortho intramolecular Hbond substituents is 1. The van der Waals surface area contributed by atoms with Gasteiger partial charge in [0, 0.05) is 38.7 Å². The number of anilines is 1. The van der Waals surface area contributed by atoms with E-state index < -0.39 is 76.4 Å². The average molecular weight is 501 g/mol. The summed E-state index contributed by atoms with van der Waals surface area (Å²) in [5.74, 6) is -12.1. The number of hydrogen-bond acceptors (Lipinski definition) is 10. The monoisotopic (exact) mass is 501 g/mol. The lowest BCUT2D eigenvalue weighted by Gasteiger charge is -2.48. The maximum absolute atomic E-state index is 13.7. The number of phenols is 1. The summed E-state index contributed by atoms with van der Waals surface area (Å²) in [6.07, 6.45) is -0.333. The van der Waals surface area contributed by atoms with Gasteiger partial charge in [-0.3, -0.25) is 28.8 Å². The molecular weight excluding hydrogens is 474 g/mol. The Hall–Kier alpha value is -3.64. The van der Waals surface area contributed by atoms with Crippen LogP contribution in [0.1, 0.15) is 39.1 Å². The number of aromatic hydroxyl groups is 1. The second-order valence-electron chi connectivity index (χ2n) is 9.76. The van der Waals surface area contributed by atoms with Gasteiger partial charge in [0.25, 0.3) is 5.91 Å². The van der Waals surface area contributed by atoms with Gasteiger partial charge in [-0.2, -0.15) is 0 Å². The van der Waals surface area contributed by atoms with Crippen molar-refractivity contribution in [3.8, 4) is 5.75 Å². The average Bonchev–Trinajstić information content (AvgIpc) is 2.79. The van der Waals surface area contributed by atoms with E-state index in [0.29, 0.717) is 11.3 Å². The molecule has 2 unspecified atom stereocenters. The number of hydrogen-bond donors (Lipinski definition) is 5. The summed E-state index contributed by atoms with van der Waals surface area (Å²) in [5.41, 5.74) is 2.77. The number of carbonyl (C=O) groups is 6. The summed E-state index contributed by atoms with van der Waals surface area (Å²) in [6, 6.07) is 1.40. The number of aliphatic hydroxyl groups excluding tert-OH is 1. The van der Waals surface area contributed by atoms with Crippen LogP contribution in [-0.2, 0) is 25.6 Å². The minimum Gasteiger partial charge on any atom is -0.506 e. The molecule has 2 amide bonds. The molecule has 5 atom stereocenters. The Kier molecular flexibility index (Phi) is 6.21. The number of ketones is 4. The fraction of sp³-hybridized carbons (Fsp3) is 0.500. The Bertz CT molecular complexity index is 1220. The van der Waals surface area contributed by atoms with Crippen molar-refractivity contribution in [1.29, 1.82) is 0 Å². The Morgan fingerprint density at radius 2 is 1.83 bits per heavy atom. The molecule has 12 nitrogen and oxygen atoms in total. The first kappa shape index (κ1) is 25.5. The van der Waals surface area contributed by atoms with Crippen LogP contribution in [0.15, 0.2) is 6.07 Å². The molecule has 12 heteroatoms. The number of nitrogens with two attached hydrogens (primary N) is 1. The summed E-state index contributed by atoms with van der Waals surface area (Å²) < 4.78 is 0. The number of Topliss-reactive ketones (excluding diaryl/α,β-unsaturated/α-hetero) is 4. The molecule has 4 rings (SSSR count). The van der Waals surface area contributed by atoms with Crippen LogP contribution in [0.25, 0.3) is 0 Å². The number of carbonyl (C=O) groups excluding carboxylic acids is 6. The number of fused-ring (bicyclic) bond motifs is 3. The van der Waals surface area contributed by atoms with E-state index in [0.717, 1.165) is 0 Å². The van der Waals surface area contributed by atoms with Crippen molar-refractivity contribution in [1.82, 2.24) is 5.32 Å².